The lowest BCUT2D eigenvalue weighted by Crippen LogP contribution is -2.42. The van der Waals surface area contributed by atoms with Gasteiger partial charge in [-0.15, -0.1) is 0 Å². The molecule has 2 aromatic carbocycles. The number of amides is 1. The molecule has 1 amide bonds. The van der Waals surface area contributed by atoms with Crippen molar-refractivity contribution in [2.45, 2.75) is 38.1 Å². The molecule has 1 fully saturated rings. The molecular formula is C21H26N2O3S. The first-order chi connectivity index (χ1) is 12.9. The number of hydrogen-bond acceptors (Lipinski definition) is 3. The molecular weight excluding hydrogens is 360 g/mol. The monoisotopic (exact) mass is 386 g/mol. The summed E-state index contributed by atoms with van der Waals surface area (Å²) in [6.07, 6.45) is 1.09. The molecule has 0 aromatic heterocycles. The van der Waals surface area contributed by atoms with E-state index in [1.807, 2.05) is 38.1 Å². The fourth-order valence-electron chi connectivity index (χ4n) is 3.35. The van der Waals surface area contributed by atoms with E-state index >= 15 is 0 Å². The molecule has 2 aromatic rings. The second kappa shape index (κ2) is 8.23. The number of sulfonamides is 1. The van der Waals surface area contributed by atoms with Gasteiger partial charge in [0.15, 0.2) is 0 Å². The Hall–Kier alpha value is -2.18. The standard InChI is InChI=1S/C21H26N2O3S/c1-16-7-9-20(10-8-16)27(25,26)23-13-11-18(12-14-23)21(24)22-15-19-6-4-3-5-17(19)2/h3-10,18H,11-15H2,1-2H3,(H,22,24). The number of nitrogens with one attached hydrogen (secondary N) is 1. The third-order valence-corrected chi connectivity index (χ3v) is 7.11. The van der Waals surface area contributed by atoms with E-state index in [-0.39, 0.29) is 11.8 Å². The summed E-state index contributed by atoms with van der Waals surface area (Å²) in [7, 11) is -3.49. The van der Waals surface area contributed by atoms with Crippen molar-refractivity contribution in [1.29, 1.82) is 0 Å². The van der Waals surface area contributed by atoms with Crippen LogP contribution in [0.3, 0.4) is 0 Å². The Kier molecular flexibility index (Phi) is 5.97. The molecule has 0 radical (unpaired) electrons. The second-order valence-electron chi connectivity index (χ2n) is 7.14. The summed E-state index contributed by atoms with van der Waals surface area (Å²) in [6.45, 7) is 5.21. The Balaban J connectivity index is 1.56. The van der Waals surface area contributed by atoms with Gasteiger partial charge in [0.1, 0.15) is 0 Å². The van der Waals surface area contributed by atoms with E-state index in [2.05, 4.69) is 5.32 Å². The van der Waals surface area contributed by atoms with Crippen LogP contribution in [0.15, 0.2) is 53.4 Å². The normalized spacial score (nSPS) is 16.2. The van der Waals surface area contributed by atoms with Crippen molar-refractivity contribution < 1.29 is 13.2 Å². The third-order valence-electron chi connectivity index (χ3n) is 5.20. The highest BCUT2D eigenvalue weighted by molar-refractivity contribution is 7.89. The highest BCUT2D eigenvalue weighted by Crippen LogP contribution is 2.24. The lowest BCUT2D eigenvalue weighted by molar-refractivity contribution is -0.126. The van der Waals surface area contributed by atoms with Crippen LogP contribution in [0.5, 0.6) is 0 Å². The molecule has 1 aliphatic heterocycles. The molecule has 27 heavy (non-hydrogen) atoms. The van der Waals surface area contributed by atoms with Crippen molar-refractivity contribution in [3.8, 4) is 0 Å². The van der Waals surface area contributed by atoms with Gasteiger partial charge >= 0.3 is 0 Å². The lowest BCUT2D eigenvalue weighted by Gasteiger charge is -2.30. The lowest BCUT2D eigenvalue weighted by atomic mass is 9.97. The average Bonchev–Trinajstić information content (AvgIpc) is 2.67. The summed E-state index contributed by atoms with van der Waals surface area (Å²) in [5, 5.41) is 2.99. The molecule has 1 aliphatic rings. The van der Waals surface area contributed by atoms with Crippen molar-refractivity contribution in [1.82, 2.24) is 9.62 Å². The Morgan fingerprint density at radius 1 is 1.04 bits per heavy atom. The van der Waals surface area contributed by atoms with E-state index in [4.69, 9.17) is 0 Å². The predicted octanol–water partition coefficient (Wildman–Crippen LogP) is 3.02. The molecule has 0 saturated carbocycles. The van der Waals surface area contributed by atoms with E-state index in [0.717, 1.165) is 16.7 Å². The number of nitrogens with zero attached hydrogens (tertiary/aromatic N) is 1. The van der Waals surface area contributed by atoms with Gasteiger partial charge in [-0.25, -0.2) is 8.42 Å². The number of benzene rings is 2. The predicted molar refractivity (Wildman–Crippen MR) is 106 cm³/mol. The fourth-order valence-corrected chi connectivity index (χ4v) is 4.82. The van der Waals surface area contributed by atoms with E-state index in [9.17, 15) is 13.2 Å². The van der Waals surface area contributed by atoms with Gasteiger partial charge in [-0.05, 0) is 49.9 Å². The maximum Gasteiger partial charge on any atom is 0.243 e. The maximum absolute atomic E-state index is 12.7. The van der Waals surface area contributed by atoms with Crippen LogP contribution in [0.4, 0.5) is 0 Å². The van der Waals surface area contributed by atoms with Gasteiger partial charge in [0, 0.05) is 25.6 Å². The van der Waals surface area contributed by atoms with Crippen LogP contribution in [-0.4, -0.2) is 31.7 Å². The Morgan fingerprint density at radius 3 is 2.30 bits per heavy atom. The van der Waals surface area contributed by atoms with Crippen LogP contribution in [0.1, 0.15) is 29.5 Å². The minimum atomic E-state index is -3.49. The molecule has 0 spiro atoms. The van der Waals surface area contributed by atoms with Crippen LogP contribution in [-0.2, 0) is 21.4 Å². The molecule has 3 rings (SSSR count). The zero-order chi connectivity index (χ0) is 19.4. The zero-order valence-electron chi connectivity index (χ0n) is 15.8. The summed E-state index contributed by atoms with van der Waals surface area (Å²) in [5.41, 5.74) is 3.28. The molecule has 5 nitrogen and oxygen atoms in total. The quantitative estimate of drug-likeness (QED) is 0.859. The molecule has 144 valence electrons. The van der Waals surface area contributed by atoms with Gasteiger partial charge in [-0.1, -0.05) is 42.0 Å². The van der Waals surface area contributed by atoms with E-state index in [1.54, 1.807) is 24.3 Å². The first-order valence-electron chi connectivity index (χ1n) is 9.27. The summed E-state index contributed by atoms with van der Waals surface area (Å²) in [6, 6.07) is 14.9. The van der Waals surface area contributed by atoms with Gasteiger partial charge in [0.2, 0.25) is 15.9 Å². The number of piperidine rings is 1. The molecule has 0 bridgehead atoms. The van der Waals surface area contributed by atoms with Crippen molar-refractivity contribution in [3.63, 3.8) is 0 Å². The van der Waals surface area contributed by atoms with Crippen molar-refractivity contribution in [2.75, 3.05) is 13.1 Å². The number of aryl methyl sites for hydroxylation is 2. The van der Waals surface area contributed by atoms with Crippen LogP contribution in [0, 0.1) is 19.8 Å². The van der Waals surface area contributed by atoms with Gasteiger partial charge in [-0.2, -0.15) is 4.31 Å². The van der Waals surface area contributed by atoms with Crippen molar-refractivity contribution in [3.05, 3.63) is 65.2 Å². The minimum absolute atomic E-state index is 0.00522. The largest absolute Gasteiger partial charge is 0.352 e. The number of hydrogen-bond donors (Lipinski definition) is 1. The number of carbonyl (C=O) groups is 1. The fraction of sp³-hybridized carbons (Fsp3) is 0.381. The number of carbonyl (C=O) groups excluding carboxylic acids is 1. The van der Waals surface area contributed by atoms with E-state index in [0.29, 0.717) is 37.4 Å². The molecule has 1 N–H and O–H groups in total. The highest BCUT2D eigenvalue weighted by atomic mass is 32.2. The first-order valence-corrected chi connectivity index (χ1v) is 10.7. The zero-order valence-corrected chi connectivity index (χ0v) is 16.6. The first kappa shape index (κ1) is 19.6. The summed E-state index contributed by atoms with van der Waals surface area (Å²) in [4.78, 5) is 12.8. The highest BCUT2D eigenvalue weighted by Gasteiger charge is 2.31. The Bertz CT molecular complexity index is 899. The Morgan fingerprint density at radius 2 is 1.67 bits per heavy atom. The molecule has 1 heterocycles. The molecule has 6 heteroatoms. The van der Waals surface area contributed by atoms with Crippen molar-refractivity contribution in [2.24, 2.45) is 5.92 Å². The van der Waals surface area contributed by atoms with Crippen LogP contribution in [0.2, 0.25) is 0 Å². The van der Waals surface area contributed by atoms with E-state index in [1.165, 1.54) is 4.31 Å². The number of rotatable bonds is 5. The van der Waals surface area contributed by atoms with Gasteiger partial charge in [0.05, 0.1) is 4.90 Å². The third kappa shape index (κ3) is 4.57. The SMILES string of the molecule is Cc1ccc(S(=O)(=O)N2CCC(C(=O)NCc3ccccc3C)CC2)cc1. The minimum Gasteiger partial charge on any atom is -0.352 e. The van der Waals surface area contributed by atoms with Crippen LogP contribution < -0.4 is 5.32 Å². The molecule has 0 atom stereocenters. The van der Waals surface area contributed by atoms with E-state index < -0.39 is 10.0 Å². The van der Waals surface area contributed by atoms with Gasteiger partial charge in [0.25, 0.3) is 0 Å². The van der Waals surface area contributed by atoms with Crippen molar-refractivity contribution >= 4 is 15.9 Å². The Labute approximate surface area is 161 Å². The summed E-state index contributed by atoms with van der Waals surface area (Å²) < 4.78 is 27.0. The smallest absolute Gasteiger partial charge is 0.243 e. The molecule has 0 unspecified atom stereocenters. The van der Waals surface area contributed by atoms with Gasteiger partial charge < -0.3 is 5.32 Å². The average molecular weight is 387 g/mol. The second-order valence-corrected chi connectivity index (χ2v) is 9.07. The summed E-state index contributed by atoms with van der Waals surface area (Å²) >= 11 is 0. The topological polar surface area (TPSA) is 66.5 Å². The van der Waals surface area contributed by atoms with Crippen LogP contribution in [0.25, 0.3) is 0 Å². The maximum atomic E-state index is 12.7. The summed E-state index contributed by atoms with van der Waals surface area (Å²) in [5.74, 6) is -0.135. The molecule has 0 aliphatic carbocycles. The molecule has 1 saturated heterocycles. The van der Waals surface area contributed by atoms with Crippen LogP contribution >= 0.6 is 0 Å². The van der Waals surface area contributed by atoms with Gasteiger partial charge in [-0.3, -0.25) is 4.79 Å².